The molecule has 0 radical (unpaired) electrons. The predicted molar refractivity (Wildman–Crippen MR) is 73.4 cm³/mol. The number of halogens is 2. The fourth-order valence-corrected chi connectivity index (χ4v) is 1.87. The molecular weight excluding hydrogens is 336 g/mol. The highest BCUT2D eigenvalue weighted by Gasteiger charge is 2.07. The SMILES string of the molecule is CC(N)CCC(=O)Nc1cc(Br)ccc1Br. The molecule has 0 spiro atoms. The molecule has 16 heavy (non-hydrogen) atoms. The lowest BCUT2D eigenvalue weighted by molar-refractivity contribution is -0.116. The van der Waals surface area contributed by atoms with Gasteiger partial charge in [-0.3, -0.25) is 4.79 Å². The molecule has 88 valence electrons. The van der Waals surface area contributed by atoms with Crippen molar-refractivity contribution in [2.24, 2.45) is 5.73 Å². The van der Waals surface area contributed by atoms with Crippen LogP contribution in [0.2, 0.25) is 0 Å². The molecule has 1 aromatic rings. The van der Waals surface area contributed by atoms with E-state index in [1.165, 1.54) is 0 Å². The number of amides is 1. The molecule has 0 bridgehead atoms. The third kappa shape index (κ3) is 4.63. The first kappa shape index (κ1) is 13.7. The maximum absolute atomic E-state index is 11.6. The minimum Gasteiger partial charge on any atom is -0.328 e. The van der Waals surface area contributed by atoms with Crippen LogP contribution in [0.1, 0.15) is 19.8 Å². The normalized spacial score (nSPS) is 12.2. The van der Waals surface area contributed by atoms with Crippen LogP contribution < -0.4 is 11.1 Å². The number of carbonyl (C=O) groups is 1. The van der Waals surface area contributed by atoms with E-state index in [9.17, 15) is 4.79 Å². The van der Waals surface area contributed by atoms with Crippen molar-refractivity contribution >= 4 is 43.5 Å². The zero-order chi connectivity index (χ0) is 12.1. The quantitative estimate of drug-likeness (QED) is 0.876. The number of carbonyl (C=O) groups excluding carboxylic acids is 1. The molecule has 1 atom stereocenters. The molecule has 0 saturated carbocycles. The Morgan fingerprint density at radius 3 is 2.81 bits per heavy atom. The predicted octanol–water partition coefficient (Wildman–Crippen LogP) is 3.28. The van der Waals surface area contributed by atoms with Gasteiger partial charge in [0.15, 0.2) is 0 Å². The van der Waals surface area contributed by atoms with Gasteiger partial charge in [-0.2, -0.15) is 0 Å². The Hall–Kier alpha value is -0.390. The highest BCUT2D eigenvalue weighted by atomic mass is 79.9. The van der Waals surface area contributed by atoms with Gasteiger partial charge in [-0.05, 0) is 47.5 Å². The van der Waals surface area contributed by atoms with Gasteiger partial charge in [0.1, 0.15) is 0 Å². The molecule has 0 saturated heterocycles. The highest BCUT2D eigenvalue weighted by molar-refractivity contribution is 9.11. The van der Waals surface area contributed by atoms with Crippen LogP contribution in [0.25, 0.3) is 0 Å². The summed E-state index contributed by atoms with van der Waals surface area (Å²) in [6.07, 6.45) is 1.13. The zero-order valence-electron chi connectivity index (χ0n) is 8.97. The van der Waals surface area contributed by atoms with Gasteiger partial charge in [0, 0.05) is 21.4 Å². The van der Waals surface area contributed by atoms with Crippen molar-refractivity contribution in [3.8, 4) is 0 Å². The Kier molecular flexibility index (Phi) is 5.44. The Bertz CT molecular complexity index is 380. The largest absolute Gasteiger partial charge is 0.328 e. The fourth-order valence-electron chi connectivity index (χ4n) is 1.16. The molecule has 0 aliphatic rings. The number of nitrogens with two attached hydrogens (primary N) is 1. The summed E-state index contributed by atoms with van der Waals surface area (Å²) in [6.45, 7) is 1.89. The molecule has 3 N–H and O–H groups in total. The summed E-state index contributed by atoms with van der Waals surface area (Å²) in [5.41, 5.74) is 6.36. The van der Waals surface area contributed by atoms with E-state index >= 15 is 0 Å². The fraction of sp³-hybridized carbons (Fsp3) is 0.364. The molecule has 0 aromatic heterocycles. The van der Waals surface area contributed by atoms with E-state index in [4.69, 9.17) is 5.73 Å². The summed E-state index contributed by atoms with van der Waals surface area (Å²) in [4.78, 5) is 11.6. The molecule has 0 fully saturated rings. The smallest absolute Gasteiger partial charge is 0.224 e. The van der Waals surface area contributed by atoms with Crippen LogP contribution in [0.15, 0.2) is 27.1 Å². The van der Waals surface area contributed by atoms with E-state index < -0.39 is 0 Å². The average Bonchev–Trinajstić information content (AvgIpc) is 2.20. The number of hydrogen-bond donors (Lipinski definition) is 2. The summed E-state index contributed by atoms with van der Waals surface area (Å²) in [6, 6.07) is 5.69. The van der Waals surface area contributed by atoms with E-state index in [0.29, 0.717) is 12.8 Å². The number of rotatable bonds is 4. The van der Waals surface area contributed by atoms with Crippen LogP contribution >= 0.6 is 31.9 Å². The summed E-state index contributed by atoms with van der Waals surface area (Å²) < 4.78 is 1.79. The highest BCUT2D eigenvalue weighted by Crippen LogP contribution is 2.26. The van der Waals surface area contributed by atoms with E-state index in [0.717, 1.165) is 14.6 Å². The molecule has 0 heterocycles. The van der Waals surface area contributed by atoms with E-state index in [-0.39, 0.29) is 11.9 Å². The van der Waals surface area contributed by atoms with Crippen molar-refractivity contribution in [2.75, 3.05) is 5.32 Å². The van der Waals surface area contributed by atoms with Crippen molar-refractivity contribution in [1.29, 1.82) is 0 Å². The van der Waals surface area contributed by atoms with Crippen LogP contribution in [0.3, 0.4) is 0 Å². The van der Waals surface area contributed by atoms with Gasteiger partial charge in [0.25, 0.3) is 0 Å². The lowest BCUT2D eigenvalue weighted by Crippen LogP contribution is -2.19. The van der Waals surface area contributed by atoms with Gasteiger partial charge in [0.2, 0.25) is 5.91 Å². The molecule has 0 aliphatic heterocycles. The summed E-state index contributed by atoms with van der Waals surface area (Å²) >= 11 is 6.74. The van der Waals surface area contributed by atoms with Crippen molar-refractivity contribution in [1.82, 2.24) is 0 Å². The Balaban J connectivity index is 2.59. The lowest BCUT2D eigenvalue weighted by Gasteiger charge is -2.09. The van der Waals surface area contributed by atoms with Crippen LogP contribution in [0.5, 0.6) is 0 Å². The lowest BCUT2D eigenvalue weighted by atomic mass is 10.2. The second-order valence-corrected chi connectivity index (χ2v) is 5.46. The monoisotopic (exact) mass is 348 g/mol. The Labute approximate surface area is 112 Å². The van der Waals surface area contributed by atoms with Crippen LogP contribution in [-0.2, 0) is 4.79 Å². The van der Waals surface area contributed by atoms with Gasteiger partial charge >= 0.3 is 0 Å². The molecule has 3 nitrogen and oxygen atoms in total. The van der Waals surface area contributed by atoms with Crippen molar-refractivity contribution in [3.05, 3.63) is 27.1 Å². The minimum atomic E-state index is -0.0175. The van der Waals surface area contributed by atoms with E-state index in [2.05, 4.69) is 37.2 Å². The number of anilines is 1. The van der Waals surface area contributed by atoms with Crippen LogP contribution in [0, 0.1) is 0 Å². The standard InChI is InChI=1S/C11H14Br2N2O/c1-7(14)2-5-11(16)15-10-6-8(12)3-4-9(10)13/h3-4,6-7H,2,5,14H2,1H3,(H,15,16). The molecule has 0 aliphatic carbocycles. The topological polar surface area (TPSA) is 55.1 Å². The second-order valence-electron chi connectivity index (χ2n) is 3.69. The maximum atomic E-state index is 11.6. The third-order valence-corrected chi connectivity index (χ3v) is 3.21. The first-order valence-corrected chi connectivity index (χ1v) is 6.58. The van der Waals surface area contributed by atoms with Gasteiger partial charge in [-0.15, -0.1) is 0 Å². The molecule has 1 rings (SSSR count). The van der Waals surface area contributed by atoms with Crippen molar-refractivity contribution in [2.45, 2.75) is 25.8 Å². The summed E-state index contributed by atoms with van der Waals surface area (Å²) in [5.74, 6) is -0.0175. The average molecular weight is 350 g/mol. The summed E-state index contributed by atoms with van der Waals surface area (Å²) in [7, 11) is 0. The maximum Gasteiger partial charge on any atom is 0.224 e. The van der Waals surface area contributed by atoms with Gasteiger partial charge in [0.05, 0.1) is 5.69 Å². The van der Waals surface area contributed by atoms with Crippen LogP contribution in [-0.4, -0.2) is 11.9 Å². The van der Waals surface area contributed by atoms with E-state index in [1.54, 1.807) is 0 Å². The summed E-state index contributed by atoms with van der Waals surface area (Å²) in [5, 5.41) is 2.84. The molecule has 1 unspecified atom stereocenters. The van der Waals surface area contributed by atoms with E-state index in [1.807, 2.05) is 25.1 Å². The zero-order valence-corrected chi connectivity index (χ0v) is 12.1. The number of nitrogens with one attached hydrogen (secondary N) is 1. The van der Waals surface area contributed by atoms with Crippen molar-refractivity contribution in [3.63, 3.8) is 0 Å². The second kappa shape index (κ2) is 6.37. The first-order chi connectivity index (χ1) is 7.49. The molecule has 5 heteroatoms. The molecular formula is C11H14Br2N2O. The minimum absolute atomic E-state index is 0.0175. The number of hydrogen-bond acceptors (Lipinski definition) is 2. The van der Waals surface area contributed by atoms with Gasteiger partial charge < -0.3 is 11.1 Å². The first-order valence-electron chi connectivity index (χ1n) is 4.99. The van der Waals surface area contributed by atoms with Gasteiger partial charge in [-0.25, -0.2) is 0 Å². The molecule has 1 aromatic carbocycles. The Morgan fingerprint density at radius 1 is 1.50 bits per heavy atom. The number of benzene rings is 1. The van der Waals surface area contributed by atoms with Crippen molar-refractivity contribution < 1.29 is 4.79 Å². The Morgan fingerprint density at radius 2 is 2.19 bits per heavy atom. The van der Waals surface area contributed by atoms with Crippen LogP contribution in [0.4, 0.5) is 5.69 Å². The molecule has 1 amide bonds. The third-order valence-electron chi connectivity index (χ3n) is 2.03. The van der Waals surface area contributed by atoms with Gasteiger partial charge in [-0.1, -0.05) is 15.9 Å².